The predicted molar refractivity (Wildman–Crippen MR) is 91.6 cm³/mol. The number of rotatable bonds is 6. The van der Waals surface area contributed by atoms with Gasteiger partial charge in [-0.05, 0) is 37.6 Å². The SMILES string of the molecule is CCOC(=O)C1=C(CSc2ccc(Cl)cc2)NC(=O)N[C@H]1CC. The lowest BCUT2D eigenvalue weighted by Crippen LogP contribution is -2.50. The quantitative estimate of drug-likeness (QED) is 0.607. The van der Waals surface area contributed by atoms with E-state index in [1.54, 1.807) is 19.1 Å². The number of urea groups is 1. The molecule has 0 aromatic heterocycles. The van der Waals surface area contributed by atoms with Crippen LogP contribution in [-0.4, -0.2) is 30.4 Å². The van der Waals surface area contributed by atoms with Crippen LogP contribution in [0.5, 0.6) is 0 Å². The van der Waals surface area contributed by atoms with Crippen molar-refractivity contribution in [3.05, 3.63) is 40.6 Å². The van der Waals surface area contributed by atoms with Crippen LogP contribution in [-0.2, 0) is 9.53 Å². The van der Waals surface area contributed by atoms with Crippen LogP contribution in [0.2, 0.25) is 5.02 Å². The van der Waals surface area contributed by atoms with Gasteiger partial charge in [0.1, 0.15) is 0 Å². The van der Waals surface area contributed by atoms with Gasteiger partial charge < -0.3 is 15.4 Å². The Morgan fingerprint density at radius 3 is 2.61 bits per heavy atom. The minimum absolute atomic E-state index is 0.295. The number of carbonyl (C=O) groups is 2. The molecule has 0 saturated carbocycles. The number of thioether (sulfide) groups is 1. The third-order valence-electron chi connectivity index (χ3n) is 3.34. The van der Waals surface area contributed by atoms with Crippen LogP contribution < -0.4 is 10.6 Å². The molecule has 124 valence electrons. The van der Waals surface area contributed by atoms with Crippen molar-refractivity contribution in [3.8, 4) is 0 Å². The number of benzene rings is 1. The Morgan fingerprint density at radius 2 is 2.00 bits per heavy atom. The third kappa shape index (κ3) is 4.65. The minimum atomic E-state index is -0.390. The molecule has 1 aromatic rings. The summed E-state index contributed by atoms with van der Waals surface area (Å²) in [5, 5.41) is 6.16. The van der Waals surface area contributed by atoms with Crippen LogP contribution in [0.1, 0.15) is 20.3 Å². The highest BCUT2D eigenvalue weighted by molar-refractivity contribution is 7.99. The number of carbonyl (C=O) groups excluding carboxylic acids is 2. The highest BCUT2D eigenvalue weighted by Crippen LogP contribution is 2.25. The second-order valence-electron chi connectivity index (χ2n) is 4.91. The topological polar surface area (TPSA) is 67.4 Å². The first-order valence-electron chi connectivity index (χ1n) is 7.41. The largest absolute Gasteiger partial charge is 0.463 e. The summed E-state index contributed by atoms with van der Waals surface area (Å²) in [6.07, 6.45) is 0.622. The number of halogens is 1. The number of hydrogen-bond acceptors (Lipinski definition) is 4. The van der Waals surface area contributed by atoms with E-state index in [2.05, 4.69) is 10.6 Å². The van der Waals surface area contributed by atoms with Crippen molar-refractivity contribution in [1.82, 2.24) is 10.6 Å². The third-order valence-corrected chi connectivity index (χ3v) is 4.63. The van der Waals surface area contributed by atoms with E-state index in [0.717, 1.165) is 4.90 Å². The molecule has 2 amide bonds. The molecule has 1 aliphatic rings. The zero-order chi connectivity index (χ0) is 16.8. The summed E-state index contributed by atoms with van der Waals surface area (Å²) >= 11 is 7.39. The zero-order valence-corrected chi connectivity index (χ0v) is 14.6. The second-order valence-corrected chi connectivity index (χ2v) is 6.40. The molecule has 0 radical (unpaired) electrons. The first-order valence-corrected chi connectivity index (χ1v) is 8.77. The van der Waals surface area contributed by atoms with Crippen LogP contribution in [0, 0.1) is 0 Å². The minimum Gasteiger partial charge on any atom is -0.463 e. The molecule has 0 saturated heterocycles. The van der Waals surface area contributed by atoms with E-state index in [1.165, 1.54) is 11.8 Å². The van der Waals surface area contributed by atoms with Gasteiger partial charge in [0.05, 0.1) is 18.2 Å². The van der Waals surface area contributed by atoms with E-state index < -0.39 is 5.97 Å². The lowest BCUT2D eigenvalue weighted by molar-refractivity contribution is -0.139. The molecule has 1 atom stereocenters. The van der Waals surface area contributed by atoms with Crippen molar-refractivity contribution in [1.29, 1.82) is 0 Å². The first-order chi connectivity index (χ1) is 11.0. The monoisotopic (exact) mass is 354 g/mol. The van der Waals surface area contributed by atoms with Gasteiger partial charge in [0.15, 0.2) is 0 Å². The van der Waals surface area contributed by atoms with Gasteiger partial charge in [0.2, 0.25) is 0 Å². The molecule has 0 unspecified atom stereocenters. The summed E-state index contributed by atoms with van der Waals surface area (Å²) in [5.41, 5.74) is 1.09. The smallest absolute Gasteiger partial charge is 0.337 e. The zero-order valence-electron chi connectivity index (χ0n) is 13.0. The van der Waals surface area contributed by atoms with Crippen molar-refractivity contribution in [2.24, 2.45) is 0 Å². The molecule has 0 aliphatic carbocycles. The number of esters is 1. The predicted octanol–water partition coefficient (Wildman–Crippen LogP) is 3.34. The molecular formula is C16H19ClN2O3S. The molecule has 0 bridgehead atoms. The first kappa shape index (κ1) is 17.7. The summed E-state index contributed by atoms with van der Waals surface area (Å²) < 4.78 is 5.13. The van der Waals surface area contributed by atoms with Gasteiger partial charge in [-0.3, -0.25) is 0 Å². The molecule has 0 spiro atoms. The van der Waals surface area contributed by atoms with E-state index in [1.807, 2.05) is 19.1 Å². The van der Waals surface area contributed by atoms with Crippen molar-refractivity contribution >= 4 is 35.4 Å². The second kappa shape index (κ2) is 8.26. The van der Waals surface area contributed by atoms with Crippen LogP contribution in [0.3, 0.4) is 0 Å². The fourth-order valence-electron chi connectivity index (χ4n) is 2.26. The van der Waals surface area contributed by atoms with Crippen LogP contribution >= 0.6 is 23.4 Å². The summed E-state index contributed by atoms with van der Waals surface area (Å²) in [6.45, 7) is 3.97. The molecule has 1 aliphatic heterocycles. The fourth-order valence-corrected chi connectivity index (χ4v) is 3.26. The van der Waals surface area contributed by atoms with E-state index in [-0.39, 0.29) is 12.1 Å². The highest BCUT2D eigenvalue weighted by atomic mass is 35.5. The number of amides is 2. The van der Waals surface area contributed by atoms with Gasteiger partial charge in [0, 0.05) is 21.4 Å². The molecule has 0 fully saturated rings. The Bertz CT molecular complexity index is 616. The van der Waals surface area contributed by atoms with Crippen molar-refractivity contribution in [3.63, 3.8) is 0 Å². The average molecular weight is 355 g/mol. The number of hydrogen-bond donors (Lipinski definition) is 2. The molecular weight excluding hydrogens is 336 g/mol. The van der Waals surface area contributed by atoms with Crippen LogP contribution in [0.4, 0.5) is 4.79 Å². The molecule has 1 heterocycles. The van der Waals surface area contributed by atoms with E-state index in [0.29, 0.717) is 35.1 Å². The standard InChI is InChI=1S/C16H19ClN2O3S/c1-3-12-14(15(20)22-4-2)13(19-16(21)18-12)9-23-11-7-5-10(17)6-8-11/h5-8,12H,3-4,9H2,1-2H3,(H2,18,19,21)/t12-/m0/s1. The fraction of sp³-hybridized carbons (Fsp3) is 0.375. The van der Waals surface area contributed by atoms with Gasteiger partial charge in [-0.25, -0.2) is 9.59 Å². The summed E-state index contributed by atoms with van der Waals surface area (Å²) in [7, 11) is 0. The maximum absolute atomic E-state index is 12.2. The lowest BCUT2D eigenvalue weighted by atomic mass is 10.0. The molecule has 2 N–H and O–H groups in total. The van der Waals surface area contributed by atoms with Crippen molar-refractivity contribution in [2.45, 2.75) is 31.2 Å². The highest BCUT2D eigenvalue weighted by Gasteiger charge is 2.31. The molecule has 5 nitrogen and oxygen atoms in total. The van der Waals surface area contributed by atoms with E-state index in [9.17, 15) is 9.59 Å². The number of ether oxygens (including phenoxy) is 1. The van der Waals surface area contributed by atoms with Gasteiger partial charge in [-0.15, -0.1) is 11.8 Å². The van der Waals surface area contributed by atoms with E-state index in [4.69, 9.17) is 16.3 Å². The van der Waals surface area contributed by atoms with Gasteiger partial charge in [-0.2, -0.15) is 0 Å². The Balaban J connectivity index is 2.22. The Kier molecular flexibility index (Phi) is 6.36. The Morgan fingerprint density at radius 1 is 1.30 bits per heavy atom. The van der Waals surface area contributed by atoms with Crippen LogP contribution in [0.25, 0.3) is 0 Å². The maximum atomic E-state index is 12.2. The lowest BCUT2D eigenvalue weighted by Gasteiger charge is -2.28. The summed E-state index contributed by atoms with van der Waals surface area (Å²) in [5.74, 6) is 0.0817. The van der Waals surface area contributed by atoms with Crippen molar-refractivity contribution < 1.29 is 14.3 Å². The van der Waals surface area contributed by atoms with Gasteiger partial charge in [0.25, 0.3) is 0 Å². The van der Waals surface area contributed by atoms with Crippen LogP contribution in [0.15, 0.2) is 40.4 Å². The van der Waals surface area contributed by atoms with Gasteiger partial charge in [-0.1, -0.05) is 18.5 Å². The molecule has 1 aromatic carbocycles. The maximum Gasteiger partial charge on any atom is 0.337 e. The summed E-state index contributed by atoms with van der Waals surface area (Å²) in [6, 6.07) is 6.79. The molecule has 2 rings (SSSR count). The molecule has 7 heteroatoms. The summed E-state index contributed by atoms with van der Waals surface area (Å²) in [4.78, 5) is 25.0. The van der Waals surface area contributed by atoms with E-state index >= 15 is 0 Å². The van der Waals surface area contributed by atoms with Crippen molar-refractivity contribution in [2.75, 3.05) is 12.4 Å². The normalized spacial score (nSPS) is 17.5. The Labute approximate surface area is 144 Å². The Hall–Kier alpha value is -1.66. The number of nitrogens with one attached hydrogen (secondary N) is 2. The van der Waals surface area contributed by atoms with Gasteiger partial charge >= 0.3 is 12.0 Å². The average Bonchev–Trinajstić information content (AvgIpc) is 2.53. The molecule has 23 heavy (non-hydrogen) atoms.